The molecule has 1 atom stereocenters. The van der Waals surface area contributed by atoms with Crippen molar-refractivity contribution in [1.82, 2.24) is 0 Å². The number of fused-ring (bicyclic) bond motifs is 3. The van der Waals surface area contributed by atoms with Gasteiger partial charge in [0.2, 0.25) is 0 Å². The van der Waals surface area contributed by atoms with Crippen LogP contribution in [0.4, 0.5) is 11.4 Å². The van der Waals surface area contributed by atoms with E-state index in [4.69, 9.17) is 1.37 Å². The lowest BCUT2D eigenvalue weighted by molar-refractivity contribution is 0.548. The lowest BCUT2D eigenvalue weighted by Gasteiger charge is -2.43. The number of nitrogens with zero attached hydrogens (tertiary/aromatic N) is 1. The summed E-state index contributed by atoms with van der Waals surface area (Å²) in [6, 6.07) is 30.9. The third-order valence-corrected chi connectivity index (χ3v) is 7.93. The van der Waals surface area contributed by atoms with E-state index in [-0.39, 0.29) is 17.4 Å². The van der Waals surface area contributed by atoms with Crippen LogP contribution >= 0.6 is 0 Å². The molecule has 1 heteroatoms. The topological polar surface area (TPSA) is 3.24 Å². The van der Waals surface area contributed by atoms with Gasteiger partial charge in [-0.2, -0.15) is 0 Å². The summed E-state index contributed by atoms with van der Waals surface area (Å²) >= 11 is 0. The van der Waals surface area contributed by atoms with Crippen molar-refractivity contribution in [3.8, 4) is 22.3 Å². The second-order valence-corrected chi connectivity index (χ2v) is 12.2. The summed E-state index contributed by atoms with van der Waals surface area (Å²) in [7, 11) is 0. The molecule has 1 aliphatic carbocycles. The fourth-order valence-electron chi connectivity index (χ4n) is 6.18. The Morgan fingerprint density at radius 1 is 0.811 bits per heavy atom. The zero-order chi connectivity index (χ0) is 27.4. The van der Waals surface area contributed by atoms with Gasteiger partial charge in [-0.3, -0.25) is 0 Å². The molecule has 0 aliphatic heterocycles. The normalized spacial score (nSPS) is 15.2. The van der Waals surface area contributed by atoms with Gasteiger partial charge in [-0.1, -0.05) is 113 Å². The van der Waals surface area contributed by atoms with Crippen LogP contribution in [0.1, 0.15) is 84.9 Å². The molecule has 0 heterocycles. The minimum Gasteiger partial charge on any atom is -0.335 e. The SMILES string of the molecule is [2H]C(C)c1ccc(-c2ccccc2)cc1N(c1c(C(C)C)ccc2c1C(C)(C)c1ccccc1-2)C(C)(C)C. The Labute approximate surface area is 225 Å². The summed E-state index contributed by atoms with van der Waals surface area (Å²) in [4.78, 5) is 2.56. The minimum atomic E-state index is -0.343. The van der Waals surface area contributed by atoms with Gasteiger partial charge in [0.05, 0.1) is 0 Å². The molecule has 4 aromatic rings. The van der Waals surface area contributed by atoms with Gasteiger partial charge in [0.25, 0.3) is 0 Å². The fraction of sp³-hybridized carbons (Fsp3) is 0.333. The first-order chi connectivity index (χ1) is 17.9. The van der Waals surface area contributed by atoms with Gasteiger partial charge in [0.15, 0.2) is 0 Å². The van der Waals surface area contributed by atoms with Crippen LogP contribution in [-0.4, -0.2) is 5.54 Å². The average Bonchev–Trinajstić information content (AvgIpc) is 3.11. The molecule has 0 saturated heterocycles. The molecule has 190 valence electrons. The Balaban J connectivity index is 1.88. The molecule has 0 bridgehead atoms. The highest BCUT2D eigenvalue weighted by Gasteiger charge is 2.41. The van der Waals surface area contributed by atoms with Gasteiger partial charge in [-0.05, 0) is 83.7 Å². The fourth-order valence-corrected chi connectivity index (χ4v) is 6.18. The molecular weight excluding hydrogens is 446 g/mol. The summed E-state index contributed by atoms with van der Waals surface area (Å²) in [5, 5.41) is 0. The van der Waals surface area contributed by atoms with E-state index in [0.29, 0.717) is 5.92 Å². The predicted octanol–water partition coefficient (Wildman–Crippen LogP) is 10.3. The monoisotopic (exact) mass is 488 g/mol. The maximum absolute atomic E-state index is 8.84. The van der Waals surface area contributed by atoms with Gasteiger partial charge >= 0.3 is 0 Å². The highest BCUT2D eigenvalue weighted by atomic mass is 15.2. The van der Waals surface area contributed by atoms with Crippen molar-refractivity contribution in [3.63, 3.8) is 0 Å². The molecular formula is C36H41N. The number of aryl methyl sites for hydroxylation is 1. The Morgan fingerprint density at radius 2 is 1.49 bits per heavy atom. The van der Waals surface area contributed by atoms with Crippen molar-refractivity contribution in [3.05, 3.63) is 107 Å². The Hall–Kier alpha value is -3.32. The molecule has 5 rings (SSSR count). The van der Waals surface area contributed by atoms with E-state index in [0.717, 1.165) is 11.3 Å². The maximum atomic E-state index is 8.84. The molecule has 1 unspecified atom stereocenters. The molecule has 0 aromatic heterocycles. The predicted molar refractivity (Wildman–Crippen MR) is 161 cm³/mol. The molecule has 1 nitrogen and oxygen atoms in total. The van der Waals surface area contributed by atoms with Gasteiger partial charge in [0, 0.05) is 23.7 Å². The first kappa shape index (κ1) is 24.0. The van der Waals surface area contributed by atoms with Crippen molar-refractivity contribution < 1.29 is 1.37 Å². The van der Waals surface area contributed by atoms with Gasteiger partial charge < -0.3 is 4.90 Å². The van der Waals surface area contributed by atoms with Gasteiger partial charge in [-0.15, -0.1) is 0 Å². The second kappa shape index (κ2) is 9.21. The lowest BCUT2D eigenvalue weighted by Crippen LogP contribution is -2.40. The highest BCUT2D eigenvalue weighted by molar-refractivity contribution is 5.90. The summed E-state index contributed by atoms with van der Waals surface area (Å²) in [6.07, 6.45) is -0.343. The van der Waals surface area contributed by atoms with E-state index in [1.54, 1.807) is 0 Å². The molecule has 0 radical (unpaired) electrons. The quantitative estimate of drug-likeness (QED) is 0.270. The van der Waals surface area contributed by atoms with Crippen LogP contribution in [0.2, 0.25) is 0 Å². The van der Waals surface area contributed by atoms with E-state index in [1.165, 1.54) is 44.6 Å². The zero-order valence-corrected chi connectivity index (χ0v) is 23.7. The van der Waals surface area contributed by atoms with Crippen LogP contribution in [0.3, 0.4) is 0 Å². The second-order valence-electron chi connectivity index (χ2n) is 12.2. The van der Waals surface area contributed by atoms with E-state index < -0.39 is 0 Å². The smallest absolute Gasteiger partial charge is 0.0498 e. The van der Waals surface area contributed by atoms with E-state index in [1.807, 2.05) is 6.92 Å². The van der Waals surface area contributed by atoms with Crippen molar-refractivity contribution in [1.29, 1.82) is 0 Å². The lowest BCUT2D eigenvalue weighted by atomic mass is 9.78. The zero-order valence-electron chi connectivity index (χ0n) is 24.7. The number of anilines is 2. The van der Waals surface area contributed by atoms with E-state index in [9.17, 15) is 0 Å². The highest BCUT2D eigenvalue weighted by Crippen LogP contribution is 2.56. The van der Waals surface area contributed by atoms with E-state index >= 15 is 0 Å². The number of benzene rings is 4. The van der Waals surface area contributed by atoms with Crippen LogP contribution < -0.4 is 4.90 Å². The van der Waals surface area contributed by atoms with Crippen LogP contribution in [0, 0.1) is 0 Å². The Bertz CT molecular complexity index is 1470. The molecule has 0 spiro atoms. The van der Waals surface area contributed by atoms with Crippen LogP contribution in [0.25, 0.3) is 22.3 Å². The number of hydrogen-bond donors (Lipinski definition) is 0. The van der Waals surface area contributed by atoms with Crippen LogP contribution in [-0.2, 0) is 11.8 Å². The van der Waals surface area contributed by atoms with Gasteiger partial charge in [0.1, 0.15) is 0 Å². The summed E-state index contributed by atoms with van der Waals surface area (Å²) in [6.45, 7) is 18.3. The van der Waals surface area contributed by atoms with Crippen molar-refractivity contribution in [2.45, 2.75) is 78.7 Å². The molecule has 0 N–H and O–H groups in total. The van der Waals surface area contributed by atoms with Crippen LogP contribution in [0.5, 0.6) is 0 Å². The average molecular weight is 489 g/mol. The summed E-state index contributed by atoms with van der Waals surface area (Å²) < 4.78 is 8.84. The largest absolute Gasteiger partial charge is 0.335 e. The van der Waals surface area contributed by atoms with Crippen LogP contribution in [0.15, 0.2) is 84.9 Å². The Morgan fingerprint density at radius 3 is 2.14 bits per heavy atom. The third-order valence-electron chi connectivity index (χ3n) is 7.93. The molecule has 37 heavy (non-hydrogen) atoms. The molecule has 4 aromatic carbocycles. The standard InChI is InChI=1S/C36H41N/c1-9-25-19-20-27(26-15-11-10-12-16-26)23-32(25)37(35(4,5)6)34-28(24(2)3)21-22-30-29-17-13-14-18-31(29)36(7,8)33(30)34/h10-24H,9H2,1-8H3/i9D. The van der Waals surface area contributed by atoms with Crippen molar-refractivity contribution >= 4 is 11.4 Å². The van der Waals surface area contributed by atoms with E-state index in [2.05, 4.69) is 138 Å². The van der Waals surface area contributed by atoms with Gasteiger partial charge in [-0.25, -0.2) is 0 Å². The van der Waals surface area contributed by atoms with Crippen molar-refractivity contribution in [2.75, 3.05) is 4.90 Å². The number of hydrogen-bond acceptors (Lipinski definition) is 1. The molecule has 0 amide bonds. The summed E-state index contributed by atoms with van der Waals surface area (Å²) in [5.74, 6) is 0.355. The summed E-state index contributed by atoms with van der Waals surface area (Å²) in [5.41, 5.74) is 12.3. The maximum Gasteiger partial charge on any atom is 0.0498 e. The first-order valence-corrected chi connectivity index (χ1v) is 13.6. The minimum absolute atomic E-state index is 0.139. The Kier molecular flexibility index (Phi) is 5.98. The first-order valence-electron chi connectivity index (χ1n) is 14.2. The molecule has 0 fully saturated rings. The third kappa shape index (κ3) is 4.19. The molecule has 0 saturated carbocycles. The molecule has 1 aliphatic rings. The number of rotatable bonds is 5. The van der Waals surface area contributed by atoms with Crippen molar-refractivity contribution in [2.24, 2.45) is 0 Å².